The number of carbonyl (C=O) groups is 2. The van der Waals surface area contributed by atoms with E-state index in [-0.39, 0.29) is 17.9 Å². The van der Waals surface area contributed by atoms with Gasteiger partial charge in [-0.15, -0.1) is 11.3 Å². The minimum atomic E-state index is -0.666. The van der Waals surface area contributed by atoms with Gasteiger partial charge in [0.25, 0.3) is 5.91 Å². The summed E-state index contributed by atoms with van der Waals surface area (Å²) in [5, 5.41) is 7.68. The van der Waals surface area contributed by atoms with Gasteiger partial charge in [0.15, 0.2) is 0 Å². The van der Waals surface area contributed by atoms with Gasteiger partial charge in [-0.2, -0.15) is 0 Å². The summed E-state index contributed by atoms with van der Waals surface area (Å²) < 4.78 is 0. The van der Waals surface area contributed by atoms with Crippen molar-refractivity contribution in [1.29, 1.82) is 0 Å². The second-order valence-corrected chi connectivity index (χ2v) is 7.16. The van der Waals surface area contributed by atoms with Crippen LogP contribution in [0.25, 0.3) is 0 Å². The van der Waals surface area contributed by atoms with E-state index >= 15 is 0 Å². The van der Waals surface area contributed by atoms with Crippen molar-refractivity contribution in [3.05, 3.63) is 88.4 Å². The van der Waals surface area contributed by atoms with Gasteiger partial charge in [0, 0.05) is 18.8 Å². The van der Waals surface area contributed by atoms with Crippen LogP contribution >= 0.6 is 11.3 Å². The van der Waals surface area contributed by atoms with Crippen LogP contribution in [0.2, 0.25) is 0 Å². The molecule has 2 amide bonds. The second kappa shape index (κ2) is 9.09. The molecule has 0 aliphatic heterocycles. The van der Waals surface area contributed by atoms with Crippen LogP contribution in [0.3, 0.4) is 0 Å². The maximum absolute atomic E-state index is 12.9. The van der Waals surface area contributed by atoms with E-state index in [4.69, 9.17) is 0 Å². The van der Waals surface area contributed by atoms with Gasteiger partial charge in [-0.3, -0.25) is 14.6 Å². The topological polar surface area (TPSA) is 71.1 Å². The first-order chi connectivity index (χ1) is 13.1. The molecule has 0 radical (unpaired) electrons. The molecular weight excluding hydrogens is 358 g/mol. The lowest BCUT2D eigenvalue weighted by molar-refractivity contribution is -0.123. The zero-order chi connectivity index (χ0) is 19.1. The first-order valence-electron chi connectivity index (χ1n) is 8.72. The Kier molecular flexibility index (Phi) is 6.33. The maximum Gasteiger partial charge on any atom is 0.262 e. The van der Waals surface area contributed by atoms with Crippen molar-refractivity contribution in [3.63, 3.8) is 0 Å². The SMILES string of the molecule is CC(NC(=O)C(Cc1ccccc1)NC(=O)c1cccs1)c1cccnc1. The van der Waals surface area contributed by atoms with Crippen molar-refractivity contribution in [2.75, 3.05) is 0 Å². The second-order valence-electron chi connectivity index (χ2n) is 6.21. The fourth-order valence-corrected chi connectivity index (χ4v) is 3.35. The molecular formula is C21H21N3O2S. The van der Waals surface area contributed by atoms with Gasteiger partial charge in [0.1, 0.15) is 6.04 Å². The molecule has 6 heteroatoms. The van der Waals surface area contributed by atoms with Crippen LogP contribution < -0.4 is 10.6 Å². The van der Waals surface area contributed by atoms with E-state index in [2.05, 4.69) is 15.6 Å². The van der Waals surface area contributed by atoms with Crippen LogP contribution in [-0.4, -0.2) is 22.8 Å². The number of thiophene rings is 1. The van der Waals surface area contributed by atoms with Crippen LogP contribution in [0.4, 0.5) is 0 Å². The Morgan fingerprint density at radius 1 is 1.04 bits per heavy atom. The summed E-state index contributed by atoms with van der Waals surface area (Å²) in [6, 6.07) is 16.1. The van der Waals surface area contributed by atoms with Gasteiger partial charge in [-0.05, 0) is 35.6 Å². The third kappa shape index (κ3) is 5.24. The van der Waals surface area contributed by atoms with Crippen LogP contribution in [-0.2, 0) is 11.2 Å². The molecule has 3 rings (SSSR count). The highest BCUT2D eigenvalue weighted by atomic mass is 32.1. The average Bonchev–Trinajstić information content (AvgIpc) is 3.24. The van der Waals surface area contributed by atoms with E-state index in [9.17, 15) is 9.59 Å². The molecule has 1 aromatic carbocycles. The molecule has 0 saturated carbocycles. The molecule has 2 aromatic heterocycles. The summed E-state index contributed by atoms with van der Waals surface area (Å²) in [6.45, 7) is 1.90. The summed E-state index contributed by atoms with van der Waals surface area (Å²) in [5.41, 5.74) is 1.90. The molecule has 0 saturated heterocycles. The maximum atomic E-state index is 12.9. The van der Waals surface area contributed by atoms with E-state index in [1.165, 1.54) is 11.3 Å². The van der Waals surface area contributed by atoms with E-state index in [0.29, 0.717) is 11.3 Å². The number of amides is 2. The van der Waals surface area contributed by atoms with E-state index in [0.717, 1.165) is 11.1 Å². The van der Waals surface area contributed by atoms with Crippen molar-refractivity contribution in [2.24, 2.45) is 0 Å². The monoisotopic (exact) mass is 379 g/mol. The number of nitrogens with zero attached hydrogens (tertiary/aromatic N) is 1. The molecule has 5 nitrogen and oxygen atoms in total. The number of hydrogen-bond donors (Lipinski definition) is 2. The molecule has 0 aliphatic carbocycles. The Morgan fingerprint density at radius 3 is 2.52 bits per heavy atom. The van der Waals surface area contributed by atoms with Gasteiger partial charge < -0.3 is 10.6 Å². The minimum Gasteiger partial charge on any atom is -0.348 e. The summed E-state index contributed by atoms with van der Waals surface area (Å²) in [4.78, 5) is 30.0. The first kappa shape index (κ1) is 18.8. The highest BCUT2D eigenvalue weighted by molar-refractivity contribution is 7.12. The first-order valence-corrected chi connectivity index (χ1v) is 9.60. The van der Waals surface area contributed by atoms with Crippen LogP contribution in [0, 0.1) is 0 Å². The number of pyridine rings is 1. The third-order valence-electron chi connectivity index (χ3n) is 4.19. The van der Waals surface area contributed by atoms with Gasteiger partial charge in [0.2, 0.25) is 5.91 Å². The Hall–Kier alpha value is -2.99. The predicted molar refractivity (Wildman–Crippen MR) is 107 cm³/mol. The summed E-state index contributed by atoms with van der Waals surface area (Å²) in [7, 11) is 0. The van der Waals surface area contributed by atoms with E-state index < -0.39 is 6.04 Å². The molecule has 0 bridgehead atoms. The largest absolute Gasteiger partial charge is 0.348 e. The highest BCUT2D eigenvalue weighted by Crippen LogP contribution is 2.13. The fourth-order valence-electron chi connectivity index (χ4n) is 2.73. The molecule has 27 heavy (non-hydrogen) atoms. The van der Waals surface area contributed by atoms with Crippen LogP contribution in [0.15, 0.2) is 72.4 Å². The molecule has 0 spiro atoms. The lowest BCUT2D eigenvalue weighted by Gasteiger charge is -2.21. The lowest BCUT2D eigenvalue weighted by atomic mass is 10.0. The third-order valence-corrected chi connectivity index (χ3v) is 5.06. The lowest BCUT2D eigenvalue weighted by Crippen LogP contribution is -2.48. The van der Waals surface area contributed by atoms with Crippen molar-refractivity contribution in [3.8, 4) is 0 Å². The number of benzene rings is 1. The molecule has 3 aromatic rings. The number of rotatable bonds is 7. The molecule has 138 valence electrons. The van der Waals surface area contributed by atoms with Gasteiger partial charge >= 0.3 is 0 Å². The Morgan fingerprint density at radius 2 is 1.85 bits per heavy atom. The van der Waals surface area contributed by atoms with Gasteiger partial charge in [-0.25, -0.2) is 0 Å². The minimum absolute atomic E-state index is 0.205. The summed E-state index contributed by atoms with van der Waals surface area (Å²) in [5.74, 6) is -0.463. The van der Waals surface area contributed by atoms with Crippen LogP contribution in [0.1, 0.15) is 33.8 Å². The normalized spacial score (nSPS) is 12.8. The van der Waals surface area contributed by atoms with E-state index in [1.807, 2.05) is 60.8 Å². The number of aromatic nitrogens is 1. The molecule has 2 N–H and O–H groups in total. The number of carbonyl (C=O) groups excluding carboxylic acids is 2. The zero-order valence-corrected chi connectivity index (χ0v) is 15.8. The number of hydrogen-bond acceptors (Lipinski definition) is 4. The molecule has 2 atom stereocenters. The quantitative estimate of drug-likeness (QED) is 0.661. The van der Waals surface area contributed by atoms with Crippen LogP contribution in [0.5, 0.6) is 0 Å². The molecule has 0 fully saturated rings. The standard InChI is InChI=1S/C21H21N3O2S/c1-15(17-9-5-11-22-14-17)23-20(25)18(13-16-7-3-2-4-8-16)24-21(26)19-10-6-12-27-19/h2-12,14-15,18H,13H2,1H3,(H,23,25)(H,24,26). The van der Waals surface area contributed by atoms with E-state index in [1.54, 1.807) is 18.5 Å². The molecule has 2 unspecified atom stereocenters. The zero-order valence-electron chi connectivity index (χ0n) is 15.0. The smallest absolute Gasteiger partial charge is 0.262 e. The van der Waals surface area contributed by atoms with Crippen molar-refractivity contribution in [1.82, 2.24) is 15.6 Å². The Bertz CT molecular complexity index is 867. The molecule has 2 heterocycles. The molecule has 0 aliphatic rings. The fraction of sp³-hybridized carbons (Fsp3) is 0.190. The number of nitrogens with one attached hydrogen (secondary N) is 2. The summed E-state index contributed by atoms with van der Waals surface area (Å²) in [6.07, 6.45) is 3.84. The Balaban J connectivity index is 1.73. The summed E-state index contributed by atoms with van der Waals surface area (Å²) >= 11 is 1.35. The highest BCUT2D eigenvalue weighted by Gasteiger charge is 2.24. The Labute approximate surface area is 162 Å². The van der Waals surface area contributed by atoms with Gasteiger partial charge in [0.05, 0.1) is 10.9 Å². The van der Waals surface area contributed by atoms with Crippen molar-refractivity contribution >= 4 is 23.2 Å². The van der Waals surface area contributed by atoms with Crippen molar-refractivity contribution < 1.29 is 9.59 Å². The average molecular weight is 379 g/mol. The van der Waals surface area contributed by atoms with Gasteiger partial charge in [-0.1, -0.05) is 42.5 Å². The predicted octanol–water partition coefficient (Wildman–Crippen LogP) is 3.36. The van der Waals surface area contributed by atoms with Crippen molar-refractivity contribution in [2.45, 2.75) is 25.4 Å².